The first-order chi connectivity index (χ1) is 13.9. The van der Waals surface area contributed by atoms with E-state index in [9.17, 15) is 20.3 Å². The number of hydrogen-bond donors (Lipinski definition) is 3. The highest BCUT2D eigenvalue weighted by molar-refractivity contribution is 6.30. The van der Waals surface area contributed by atoms with Crippen LogP contribution in [0.25, 0.3) is 0 Å². The molecule has 3 N–H and O–H groups in total. The third-order valence-corrected chi connectivity index (χ3v) is 7.91. The van der Waals surface area contributed by atoms with Crippen LogP contribution in [0.2, 0.25) is 5.02 Å². The monoisotopic (exact) mass is 416 g/mol. The molecule has 2 heterocycles. The third-order valence-electron chi connectivity index (χ3n) is 7.70. The van der Waals surface area contributed by atoms with Crippen LogP contribution < -0.4 is 5.32 Å². The average Bonchev–Trinajstić information content (AvgIpc) is 3.05. The number of pyridine rings is 1. The van der Waals surface area contributed by atoms with Crippen LogP contribution in [0.4, 0.5) is 10.6 Å². The zero-order valence-corrected chi connectivity index (χ0v) is 16.8. The maximum atomic E-state index is 12.0. The molecule has 0 spiro atoms. The van der Waals surface area contributed by atoms with Crippen LogP contribution in [0.3, 0.4) is 0 Å². The summed E-state index contributed by atoms with van der Waals surface area (Å²) in [6, 6.07) is 3.42. The number of nitrogens with zero attached hydrogens (tertiary/aromatic N) is 3. The molecule has 1 saturated heterocycles. The molecule has 5 fully saturated rings. The maximum Gasteiger partial charge on any atom is 0.407 e. The van der Waals surface area contributed by atoms with Gasteiger partial charge >= 0.3 is 6.09 Å². The lowest BCUT2D eigenvalue weighted by molar-refractivity contribution is -0.162. The van der Waals surface area contributed by atoms with E-state index in [4.69, 9.17) is 11.6 Å². The number of aliphatic hydroxyl groups is 1. The van der Waals surface area contributed by atoms with Gasteiger partial charge in [-0.05, 0) is 68.3 Å². The lowest BCUT2D eigenvalue weighted by Crippen LogP contribution is -2.61. The number of nitriles is 1. The Balaban J connectivity index is 1.46. The van der Waals surface area contributed by atoms with Crippen LogP contribution >= 0.6 is 11.6 Å². The van der Waals surface area contributed by atoms with Gasteiger partial charge in [0, 0.05) is 12.7 Å². The third kappa shape index (κ3) is 3.13. The first-order valence-electron chi connectivity index (χ1n) is 10.4. The highest BCUT2D eigenvalue weighted by atomic mass is 35.5. The molecule has 0 aromatic carbocycles. The quantitative estimate of drug-likeness (QED) is 0.697. The number of aromatic nitrogens is 1. The summed E-state index contributed by atoms with van der Waals surface area (Å²) < 4.78 is 0. The predicted molar refractivity (Wildman–Crippen MR) is 107 cm³/mol. The SMILES string of the molecule is N#Cc1cc(Cl)cnc1NC1CCN(C(=O)O)[C@@H]1C1C2CC3C[C@H]1C[C@@](O)(C3)C2. The number of amides is 1. The van der Waals surface area contributed by atoms with E-state index >= 15 is 0 Å². The van der Waals surface area contributed by atoms with E-state index in [0.717, 1.165) is 32.1 Å². The Bertz CT molecular complexity index is 871. The molecule has 1 aromatic rings. The fraction of sp³-hybridized carbons (Fsp3) is 0.667. The summed E-state index contributed by atoms with van der Waals surface area (Å²) in [5.41, 5.74) is -0.182. The van der Waals surface area contributed by atoms with Gasteiger partial charge in [-0.25, -0.2) is 9.78 Å². The Hall–Kier alpha value is -2.04. The summed E-state index contributed by atoms with van der Waals surface area (Å²) in [6.07, 6.45) is 5.93. The number of rotatable bonds is 3. The van der Waals surface area contributed by atoms with Gasteiger partial charge in [0.1, 0.15) is 11.9 Å². The number of likely N-dealkylation sites (tertiary alicyclic amines) is 1. The van der Waals surface area contributed by atoms with Gasteiger partial charge in [-0.15, -0.1) is 0 Å². The van der Waals surface area contributed by atoms with Crippen LogP contribution in [0, 0.1) is 35.0 Å². The minimum atomic E-state index is -0.892. The Morgan fingerprint density at radius 1 is 1.34 bits per heavy atom. The van der Waals surface area contributed by atoms with Crippen molar-refractivity contribution in [1.29, 1.82) is 5.26 Å². The van der Waals surface area contributed by atoms with Crippen LogP contribution in [-0.2, 0) is 0 Å². The summed E-state index contributed by atoms with van der Waals surface area (Å²) in [4.78, 5) is 17.9. The van der Waals surface area contributed by atoms with E-state index in [2.05, 4.69) is 16.4 Å². The fourth-order valence-electron chi connectivity index (χ4n) is 7.07. The summed E-state index contributed by atoms with van der Waals surface area (Å²) in [5, 5.41) is 34.0. The van der Waals surface area contributed by atoms with Crippen LogP contribution in [0.5, 0.6) is 0 Å². The van der Waals surface area contributed by atoms with E-state index in [1.807, 2.05) is 0 Å². The fourth-order valence-corrected chi connectivity index (χ4v) is 7.22. The smallest absolute Gasteiger partial charge is 0.407 e. The molecular formula is C21H25ClN4O3. The van der Waals surface area contributed by atoms with Gasteiger partial charge in [0.15, 0.2) is 0 Å². The Labute approximate surface area is 174 Å². The molecule has 5 aliphatic rings. The van der Waals surface area contributed by atoms with E-state index in [-0.39, 0.29) is 18.0 Å². The lowest BCUT2D eigenvalue weighted by atomic mass is 9.48. The number of carbonyl (C=O) groups is 1. The van der Waals surface area contributed by atoms with Gasteiger partial charge in [-0.1, -0.05) is 11.6 Å². The van der Waals surface area contributed by atoms with Crippen LogP contribution in [-0.4, -0.2) is 50.4 Å². The van der Waals surface area contributed by atoms with Crippen molar-refractivity contribution in [2.24, 2.45) is 23.7 Å². The molecule has 4 bridgehead atoms. The van der Waals surface area contributed by atoms with Gasteiger partial charge in [-0.2, -0.15) is 5.26 Å². The van der Waals surface area contributed by atoms with Crippen molar-refractivity contribution in [3.63, 3.8) is 0 Å². The van der Waals surface area contributed by atoms with Crippen molar-refractivity contribution in [3.8, 4) is 6.07 Å². The van der Waals surface area contributed by atoms with Crippen LogP contribution in [0.15, 0.2) is 12.3 Å². The van der Waals surface area contributed by atoms with Crippen molar-refractivity contribution in [1.82, 2.24) is 9.88 Å². The minimum Gasteiger partial charge on any atom is -0.465 e. The van der Waals surface area contributed by atoms with Gasteiger partial charge in [-0.3, -0.25) is 0 Å². The molecular weight excluding hydrogens is 392 g/mol. The largest absolute Gasteiger partial charge is 0.465 e. The summed E-state index contributed by atoms with van der Waals surface area (Å²) in [5.74, 6) is 1.98. The zero-order valence-electron chi connectivity index (χ0n) is 16.1. The second-order valence-corrected chi connectivity index (χ2v) is 9.88. The molecule has 7 atom stereocenters. The molecule has 1 aliphatic heterocycles. The van der Waals surface area contributed by atoms with Crippen molar-refractivity contribution in [2.45, 2.75) is 56.2 Å². The number of hydrogen-bond acceptors (Lipinski definition) is 5. The topological polar surface area (TPSA) is 109 Å². The highest BCUT2D eigenvalue weighted by Crippen LogP contribution is 2.60. The molecule has 8 heteroatoms. The van der Waals surface area contributed by atoms with Crippen molar-refractivity contribution in [3.05, 3.63) is 22.8 Å². The summed E-state index contributed by atoms with van der Waals surface area (Å²) in [7, 11) is 0. The van der Waals surface area contributed by atoms with E-state index in [0.29, 0.717) is 47.1 Å². The average molecular weight is 417 g/mol. The molecule has 7 nitrogen and oxygen atoms in total. The first kappa shape index (κ1) is 19.0. The molecule has 4 unspecified atom stereocenters. The number of nitrogens with one attached hydrogen (secondary N) is 1. The molecule has 0 radical (unpaired) electrons. The van der Waals surface area contributed by atoms with Crippen molar-refractivity contribution < 1.29 is 15.0 Å². The highest BCUT2D eigenvalue weighted by Gasteiger charge is 2.59. The maximum absolute atomic E-state index is 12.0. The van der Waals surface area contributed by atoms with Crippen LogP contribution in [0.1, 0.15) is 44.1 Å². The molecule has 4 aliphatic carbocycles. The normalized spacial score (nSPS) is 40.1. The minimum absolute atomic E-state index is 0.107. The van der Waals surface area contributed by atoms with Crippen molar-refractivity contribution in [2.75, 3.05) is 11.9 Å². The van der Waals surface area contributed by atoms with Gasteiger partial charge in [0.25, 0.3) is 0 Å². The molecule has 1 amide bonds. The van der Waals surface area contributed by atoms with Gasteiger partial charge < -0.3 is 20.4 Å². The number of halogens is 1. The molecule has 4 saturated carbocycles. The standard InChI is InChI=1S/C21H25ClN4O3/c22-15-5-14(9-23)19(24-10-15)25-16-1-2-26(20(27)28)18(16)17-12-3-11-4-13(17)8-21(29,6-11)7-12/h5,10-13,16-18,29H,1-4,6-8H2,(H,24,25)(H,27,28)/t11?,12-,13?,16?,17?,18-,21-/m0/s1. The first-order valence-corrected chi connectivity index (χ1v) is 10.8. The van der Waals surface area contributed by atoms with E-state index in [1.165, 1.54) is 6.20 Å². The second kappa shape index (κ2) is 6.75. The second-order valence-electron chi connectivity index (χ2n) is 9.44. The Morgan fingerprint density at radius 2 is 2.07 bits per heavy atom. The summed E-state index contributed by atoms with van der Waals surface area (Å²) in [6.45, 7) is 0.469. The molecule has 1 aromatic heterocycles. The number of carboxylic acid groups (broad SMARTS) is 1. The molecule has 6 rings (SSSR count). The van der Waals surface area contributed by atoms with E-state index in [1.54, 1.807) is 11.0 Å². The lowest BCUT2D eigenvalue weighted by Gasteiger charge is -2.60. The number of anilines is 1. The Morgan fingerprint density at radius 3 is 2.69 bits per heavy atom. The molecule has 154 valence electrons. The van der Waals surface area contributed by atoms with Gasteiger partial charge in [0.2, 0.25) is 0 Å². The zero-order chi connectivity index (χ0) is 20.3. The summed E-state index contributed by atoms with van der Waals surface area (Å²) >= 11 is 5.97. The molecule has 29 heavy (non-hydrogen) atoms. The van der Waals surface area contributed by atoms with Gasteiger partial charge in [0.05, 0.1) is 28.3 Å². The van der Waals surface area contributed by atoms with E-state index < -0.39 is 11.7 Å². The Kier molecular flexibility index (Phi) is 4.41. The predicted octanol–water partition coefficient (Wildman–Crippen LogP) is 3.33. The van der Waals surface area contributed by atoms with Crippen molar-refractivity contribution >= 4 is 23.5 Å².